The fraction of sp³-hybridized carbons (Fsp3) is 0.588. The molecule has 0 heterocycles. The fourth-order valence-corrected chi connectivity index (χ4v) is 2.83. The number of hydrogen-bond donors (Lipinski definition) is 1. The minimum Gasteiger partial charge on any atom is -0.494 e. The van der Waals surface area contributed by atoms with Crippen molar-refractivity contribution in [1.29, 1.82) is 0 Å². The van der Waals surface area contributed by atoms with Crippen LogP contribution in [0, 0.1) is 5.82 Å². The van der Waals surface area contributed by atoms with Crippen molar-refractivity contribution < 1.29 is 13.9 Å². The fourth-order valence-electron chi connectivity index (χ4n) is 2.83. The average molecular weight is 293 g/mol. The lowest BCUT2D eigenvalue weighted by Crippen LogP contribution is -2.14. The predicted octanol–water partition coefficient (Wildman–Crippen LogP) is 4.32. The summed E-state index contributed by atoms with van der Waals surface area (Å²) in [7, 11) is 1.47. The number of carbonyl (C=O) groups excluding carboxylic acids is 1. The Bertz CT molecular complexity index is 462. The molecule has 1 aromatic rings. The number of carbonyl (C=O) groups is 1. The molecular weight excluding hydrogens is 269 g/mol. The van der Waals surface area contributed by atoms with Crippen LogP contribution in [0.5, 0.6) is 5.75 Å². The third-order valence-electron chi connectivity index (χ3n) is 4.04. The lowest BCUT2D eigenvalue weighted by molar-refractivity contribution is -0.117. The Morgan fingerprint density at radius 1 is 1.14 bits per heavy atom. The second kappa shape index (κ2) is 8.01. The Balaban J connectivity index is 0.000000225. The van der Waals surface area contributed by atoms with Crippen LogP contribution in [0.2, 0.25) is 0 Å². The van der Waals surface area contributed by atoms with Crippen LogP contribution in [0.25, 0.3) is 0 Å². The topological polar surface area (TPSA) is 38.3 Å². The molecule has 2 aliphatic rings. The largest absolute Gasteiger partial charge is 0.494 e. The van der Waals surface area contributed by atoms with Gasteiger partial charge in [-0.2, -0.15) is 0 Å². The number of anilines is 1. The first kappa shape index (κ1) is 15.8. The van der Waals surface area contributed by atoms with Gasteiger partial charge in [-0.05, 0) is 37.8 Å². The summed E-state index contributed by atoms with van der Waals surface area (Å²) < 4.78 is 18.2. The van der Waals surface area contributed by atoms with Crippen LogP contribution in [0.3, 0.4) is 0 Å². The number of methoxy groups -OCH3 is 1. The second-order valence-electron chi connectivity index (χ2n) is 5.72. The van der Waals surface area contributed by atoms with Crippen LogP contribution in [-0.4, -0.2) is 18.9 Å². The molecule has 0 atom stereocenters. The molecule has 1 aromatic carbocycles. The van der Waals surface area contributed by atoms with Gasteiger partial charge >= 0.3 is 0 Å². The van der Waals surface area contributed by atoms with E-state index < -0.39 is 0 Å². The maximum Gasteiger partial charge on any atom is 0.167 e. The summed E-state index contributed by atoms with van der Waals surface area (Å²) >= 11 is 0. The van der Waals surface area contributed by atoms with Crippen molar-refractivity contribution in [1.82, 2.24) is 0 Å². The van der Waals surface area contributed by atoms with Crippen molar-refractivity contribution in [3.05, 3.63) is 24.0 Å². The minimum atomic E-state index is -0.305. The van der Waals surface area contributed by atoms with E-state index in [2.05, 4.69) is 5.32 Å². The summed E-state index contributed by atoms with van der Waals surface area (Å²) in [4.78, 5) is 10.2. The van der Waals surface area contributed by atoms with Crippen molar-refractivity contribution >= 4 is 11.5 Å². The number of Topliss-reactive ketones (excluding diaryl/α,β-unsaturated/α-hetero) is 1. The Kier molecular flexibility index (Phi) is 6.03. The molecule has 0 aliphatic heterocycles. The van der Waals surface area contributed by atoms with Gasteiger partial charge in [-0.3, -0.25) is 4.79 Å². The summed E-state index contributed by atoms with van der Waals surface area (Å²) in [5, 5.41) is 3.34. The zero-order chi connectivity index (χ0) is 15.1. The third kappa shape index (κ3) is 5.03. The van der Waals surface area contributed by atoms with Crippen LogP contribution < -0.4 is 10.1 Å². The molecule has 21 heavy (non-hydrogen) atoms. The van der Waals surface area contributed by atoms with Crippen LogP contribution in [0.1, 0.15) is 51.4 Å². The number of hydrogen-bond acceptors (Lipinski definition) is 3. The highest BCUT2D eigenvalue weighted by molar-refractivity contribution is 5.80. The van der Waals surface area contributed by atoms with E-state index >= 15 is 0 Å². The summed E-state index contributed by atoms with van der Waals surface area (Å²) in [5.74, 6) is 0.447. The molecule has 2 saturated carbocycles. The third-order valence-corrected chi connectivity index (χ3v) is 4.04. The molecule has 2 aliphatic carbocycles. The lowest BCUT2D eigenvalue weighted by Gasteiger charge is -2.14. The van der Waals surface area contributed by atoms with Crippen LogP contribution >= 0.6 is 0 Å². The van der Waals surface area contributed by atoms with Crippen molar-refractivity contribution in [2.45, 2.75) is 57.4 Å². The lowest BCUT2D eigenvalue weighted by atomic mass is 10.2. The van der Waals surface area contributed by atoms with E-state index in [4.69, 9.17) is 4.74 Å². The van der Waals surface area contributed by atoms with Crippen LogP contribution in [0.4, 0.5) is 10.1 Å². The Morgan fingerprint density at radius 2 is 1.81 bits per heavy atom. The molecule has 3 nitrogen and oxygen atoms in total. The maximum atomic E-state index is 13.4. The number of ketones is 1. The minimum absolute atomic E-state index is 0.298. The summed E-state index contributed by atoms with van der Waals surface area (Å²) in [6.45, 7) is 0. The SMILES string of the molecule is COc1ccc(NC2CCCC2)cc1F.O=C1CCCC1. The molecule has 0 spiro atoms. The first-order valence-electron chi connectivity index (χ1n) is 7.81. The monoisotopic (exact) mass is 293 g/mol. The Morgan fingerprint density at radius 3 is 2.29 bits per heavy atom. The van der Waals surface area contributed by atoms with Gasteiger partial charge in [-0.25, -0.2) is 4.39 Å². The van der Waals surface area contributed by atoms with E-state index in [9.17, 15) is 9.18 Å². The van der Waals surface area contributed by atoms with E-state index in [1.165, 1.54) is 38.9 Å². The Hall–Kier alpha value is -1.58. The smallest absolute Gasteiger partial charge is 0.167 e. The molecule has 0 amide bonds. The number of rotatable bonds is 3. The normalized spacial score (nSPS) is 18.3. The van der Waals surface area contributed by atoms with Gasteiger partial charge in [0, 0.05) is 30.6 Å². The van der Waals surface area contributed by atoms with Crippen molar-refractivity contribution in [2.75, 3.05) is 12.4 Å². The number of nitrogens with one attached hydrogen (secondary N) is 1. The number of benzene rings is 1. The summed E-state index contributed by atoms with van der Waals surface area (Å²) in [6.07, 6.45) is 8.89. The van der Waals surface area contributed by atoms with Gasteiger partial charge in [0.25, 0.3) is 0 Å². The number of ether oxygens (including phenoxy) is 1. The first-order valence-corrected chi connectivity index (χ1v) is 7.81. The van der Waals surface area contributed by atoms with Crippen LogP contribution in [0.15, 0.2) is 18.2 Å². The van der Waals surface area contributed by atoms with Gasteiger partial charge in [0.05, 0.1) is 7.11 Å². The zero-order valence-electron chi connectivity index (χ0n) is 12.7. The average Bonchev–Trinajstić information content (AvgIpc) is 3.13. The molecule has 0 radical (unpaired) electrons. The van der Waals surface area contributed by atoms with Crippen molar-refractivity contribution in [3.8, 4) is 5.75 Å². The molecule has 116 valence electrons. The Labute approximate surface area is 125 Å². The quantitative estimate of drug-likeness (QED) is 0.902. The van der Waals surface area contributed by atoms with Crippen molar-refractivity contribution in [2.24, 2.45) is 0 Å². The molecule has 2 fully saturated rings. The van der Waals surface area contributed by atoms with Gasteiger partial charge in [-0.15, -0.1) is 0 Å². The highest BCUT2D eigenvalue weighted by Crippen LogP contribution is 2.25. The maximum absolute atomic E-state index is 13.4. The summed E-state index contributed by atoms with van der Waals surface area (Å²) in [6, 6.07) is 5.53. The molecule has 0 unspecified atom stereocenters. The highest BCUT2D eigenvalue weighted by atomic mass is 19.1. The summed E-state index contributed by atoms with van der Waals surface area (Å²) in [5.41, 5.74) is 0.847. The molecular formula is C17H24FNO2. The molecule has 0 aromatic heterocycles. The predicted molar refractivity (Wildman–Crippen MR) is 82.3 cm³/mol. The van der Waals surface area contributed by atoms with E-state index in [0.29, 0.717) is 17.6 Å². The van der Waals surface area contributed by atoms with Crippen molar-refractivity contribution in [3.63, 3.8) is 0 Å². The zero-order valence-corrected chi connectivity index (χ0v) is 12.7. The number of halogens is 1. The molecule has 4 heteroatoms. The molecule has 3 rings (SSSR count). The van der Waals surface area contributed by atoms with E-state index in [-0.39, 0.29) is 5.82 Å². The van der Waals surface area contributed by atoms with Crippen LogP contribution in [-0.2, 0) is 4.79 Å². The van der Waals surface area contributed by atoms with Gasteiger partial charge in [-0.1, -0.05) is 12.8 Å². The van der Waals surface area contributed by atoms with Gasteiger partial charge < -0.3 is 10.1 Å². The highest BCUT2D eigenvalue weighted by Gasteiger charge is 2.15. The standard InChI is InChI=1S/C12H16FNO.C5H8O/c1-15-12-7-6-10(8-11(12)13)14-9-4-2-3-5-9;6-5-3-1-2-4-5/h6-9,14H,2-5H2,1H3;1-4H2. The van der Waals surface area contributed by atoms with E-state index in [1.54, 1.807) is 6.07 Å². The van der Waals surface area contributed by atoms with E-state index in [0.717, 1.165) is 31.4 Å². The van der Waals surface area contributed by atoms with Gasteiger partial charge in [0.1, 0.15) is 5.78 Å². The molecule has 0 bridgehead atoms. The second-order valence-corrected chi connectivity index (χ2v) is 5.72. The van der Waals surface area contributed by atoms with Gasteiger partial charge in [0.15, 0.2) is 11.6 Å². The molecule has 1 N–H and O–H groups in total. The van der Waals surface area contributed by atoms with Gasteiger partial charge in [0.2, 0.25) is 0 Å². The first-order chi connectivity index (χ1) is 10.2. The molecule has 0 saturated heterocycles. The van der Waals surface area contributed by atoms with E-state index in [1.807, 2.05) is 6.07 Å².